The maximum absolute atomic E-state index is 5.47. The summed E-state index contributed by atoms with van der Waals surface area (Å²) in [7, 11) is 0. The Kier molecular flexibility index (Phi) is 5.37. The van der Waals surface area contributed by atoms with Gasteiger partial charge in [0.1, 0.15) is 5.82 Å². The van der Waals surface area contributed by atoms with Gasteiger partial charge in [-0.1, -0.05) is 0 Å². The van der Waals surface area contributed by atoms with Crippen LogP contribution in [0.3, 0.4) is 0 Å². The summed E-state index contributed by atoms with van der Waals surface area (Å²) >= 11 is 0. The highest BCUT2D eigenvalue weighted by Crippen LogP contribution is 2.18. The second-order valence-electron chi connectivity index (χ2n) is 3.02. The van der Waals surface area contributed by atoms with Crippen molar-refractivity contribution in [2.24, 2.45) is 5.73 Å². The standard InChI is InChI=1S/C8H13N3.2ClH/c9-5-8-10-6-3-1-2-4-7(6)11-8;;/h1-5,9H2,(H,10,11);2*1H. The Labute approximate surface area is 90.3 Å². The van der Waals surface area contributed by atoms with E-state index in [9.17, 15) is 0 Å². The second-order valence-corrected chi connectivity index (χ2v) is 3.02. The first-order chi connectivity index (χ1) is 5.40. The van der Waals surface area contributed by atoms with Crippen molar-refractivity contribution in [1.82, 2.24) is 9.97 Å². The van der Waals surface area contributed by atoms with Gasteiger partial charge in [-0.3, -0.25) is 0 Å². The van der Waals surface area contributed by atoms with Crippen molar-refractivity contribution >= 4 is 24.8 Å². The molecule has 3 N–H and O–H groups in total. The average molecular weight is 224 g/mol. The molecule has 0 amide bonds. The maximum atomic E-state index is 5.47. The molecule has 3 nitrogen and oxygen atoms in total. The minimum absolute atomic E-state index is 0. The SMILES string of the molecule is Cl.Cl.NCc1nc2c([nH]1)CCCC2. The molecular formula is C8H15Cl2N3. The fraction of sp³-hybridized carbons (Fsp3) is 0.625. The summed E-state index contributed by atoms with van der Waals surface area (Å²) in [6.45, 7) is 0.535. The van der Waals surface area contributed by atoms with Gasteiger partial charge in [0.15, 0.2) is 0 Å². The summed E-state index contributed by atoms with van der Waals surface area (Å²) in [5.41, 5.74) is 8.03. The van der Waals surface area contributed by atoms with E-state index < -0.39 is 0 Å². The van der Waals surface area contributed by atoms with Crippen LogP contribution < -0.4 is 5.73 Å². The van der Waals surface area contributed by atoms with Crippen LogP contribution in [0.2, 0.25) is 0 Å². The Balaban J connectivity index is 0.000000720. The average Bonchev–Trinajstić information content (AvgIpc) is 2.46. The van der Waals surface area contributed by atoms with E-state index in [1.807, 2.05) is 0 Å². The summed E-state index contributed by atoms with van der Waals surface area (Å²) in [4.78, 5) is 7.64. The predicted molar refractivity (Wildman–Crippen MR) is 57.6 cm³/mol. The Hall–Kier alpha value is -0.250. The lowest BCUT2D eigenvalue weighted by Gasteiger charge is -2.07. The third-order valence-electron chi connectivity index (χ3n) is 2.20. The lowest BCUT2D eigenvalue weighted by molar-refractivity contribution is 0.667. The first-order valence-corrected chi connectivity index (χ1v) is 4.17. The van der Waals surface area contributed by atoms with E-state index in [0.717, 1.165) is 18.7 Å². The molecule has 5 heteroatoms. The van der Waals surface area contributed by atoms with Crippen molar-refractivity contribution in [3.8, 4) is 0 Å². The fourth-order valence-corrected chi connectivity index (χ4v) is 1.61. The molecule has 0 aliphatic heterocycles. The number of aromatic nitrogens is 2. The molecule has 0 bridgehead atoms. The Morgan fingerprint density at radius 1 is 1.23 bits per heavy atom. The van der Waals surface area contributed by atoms with E-state index in [4.69, 9.17) is 5.73 Å². The topological polar surface area (TPSA) is 54.7 Å². The molecule has 0 fully saturated rings. The van der Waals surface area contributed by atoms with Crippen molar-refractivity contribution in [2.45, 2.75) is 32.2 Å². The molecule has 13 heavy (non-hydrogen) atoms. The number of imidazole rings is 1. The highest BCUT2D eigenvalue weighted by molar-refractivity contribution is 5.85. The molecule has 0 aromatic carbocycles. The number of halogens is 2. The molecule has 1 aliphatic carbocycles. The van der Waals surface area contributed by atoms with E-state index in [0.29, 0.717) is 6.54 Å². The van der Waals surface area contributed by atoms with E-state index >= 15 is 0 Å². The van der Waals surface area contributed by atoms with Gasteiger partial charge in [-0.15, -0.1) is 24.8 Å². The smallest absolute Gasteiger partial charge is 0.120 e. The van der Waals surface area contributed by atoms with Gasteiger partial charge in [-0.2, -0.15) is 0 Å². The van der Waals surface area contributed by atoms with Gasteiger partial charge in [0.2, 0.25) is 0 Å². The third kappa shape index (κ3) is 2.59. The zero-order chi connectivity index (χ0) is 7.68. The third-order valence-corrected chi connectivity index (χ3v) is 2.20. The summed E-state index contributed by atoms with van der Waals surface area (Å²) in [6.07, 6.45) is 4.86. The van der Waals surface area contributed by atoms with Crippen LogP contribution in [0.25, 0.3) is 0 Å². The second kappa shape index (κ2) is 5.47. The Morgan fingerprint density at radius 3 is 2.54 bits per heavy atom. The molecule has 0 unspecified atom stereocenters. The van der Waals surface area contributed by atoms with Gasteiger partial charge in [-0.25, -0.2) is 4.98 Å². The first kappa shape index (κ1) is 12.8. The normalized spacial score (nSPS) is 13.9. The highest BCUT2D eigenvalue weighted by atomic mass is 35.5. The number of rotatable bonds is 1. The highest BCUT2D eigenvalue weighted by Gasteiger charge is 2.12. The van der Waals surface area contributed by atoms with Gasteiger partial charge in [-0.05, 0) is 25.7 Å². The zero-order valence-electron chi connectivity index (χ0n) is 7.38. The van der Waals surface area contributed by atoms with E-state index in [1.165, 1.54) is 24.2 Å². The molecule has 0 spiro atoms. The summed E-state index contributed by atoms with van der Waals surface area (Å²) < 4.78 is 0. The number of aryl methyl sites for hydroxylation is 2. The van der Waals surface area contributed by atoms with Crippen molar-refractivity contribution in [3.63, 3.8) is 0 Å². The number of hydrogen-bond donors (Lipinski definition) is 2. The summed E-state index contributed by atoms with van der Waals surface area (Å²) in [5, 5.41) is 0. The molecule has 1 aliphatic rings. The Bertz CT molecular complexity index is 236. The van der Waals surface area contributed by atoms with Gasteiger partial charge in [0.25, 0.3) is 0 Å². The quantitative estimate of drug-likeness (QED) is 0.761. The molecule has 76 valence electrons. The van der Waals surface area contributed by atoms with E-state index in [-0.39, 0.29) is 24.8 Å². The number of fused-ring (bicyclic) bond motifs is 1. The molecule has 0 saturated heterocycles. The predicted octanol–water partition coefficient (Wildman–Crippen LogP) is 1.59. The van der Waals surface area contributed by atoms with Gasteiger partial charge < -0.3 is 10.7 Å². The molecule has 0 atom stereocenters. The minimum atomic E-state index is 0. The van der Waals surface area contributed by atoms with Crippen LogP contribution in [-0.4, -0.2) is 9.97 Å². The van der Waals surface area contributed by atoms with Gasteiger partial charge >= 0.3 is 0 Å². The number of nitrogens with two attached hydrogens (primary N) is 1. The van der Waals surface area contributed by atoms with Crippen molar-refractivity contribution in [3.05, 3.63) is 17.2 Å². The van der Waals surface area contributed by atoms with E-state index in [1.54, 1.807) is 0 Å². The molecular weight excluding hydrogens is 209 g/mol. The van der Waals surface area contributed by atoms with Gasteiger partial charge in [0, 0.05) is 5.69 Å². The number of nitrogens with zero attached hydrogens (tertiary/aromatic N) is 1. The first-order valence-electron chi connectivity index (χ1n) is 4.17. The maximum Gasteiger partial charge on any atom is 0.120 e. The number of nitrogens with one attached hydrogen (secondary N) is 1. The van der Waals surface area contributed by atoms with Crippen LogP contribution >= 0.6 is 24.8 Å². The van der Waals surface area contributed by atoms with Crippen LogP contribution in [0, 0.1) is 0 Å². The van der Waals surface area contributed by atoms with Crippen LogP contribution in [0.1, 0.15) is 30.1 Å². The lowest BCUT2D eigenvalue weighted by atomic mass is 10.0. The minimum Gasteiger partial charge on any atom is -0.345 e. The molecule has 2 rings (SSSR count). The number of hydrogen-bond acceptors (Lipinski definition) is 2. The van der Waals surface area contributed by atoms with Crippen LogP contribution in [0.15, 0.2) is 0 Å². The molecule has 1 aromatic heterocycles. The van der Waals surface area contributed by atoms with E-state index in [2.05, 4.69) is 9.97 Å². The molecule has 0 saturated carbocycles. The Morgan fingerprint density at radius 2 is 1.92 bits per heavy atom. The van der Waals surface area contributed by atoms with Crippen LogP contribution in [-0.2, 0) is 19.4 Å². The molecule has 1 heterocycles. The largest absolute Gasteiger partial charge is 0.345 e. The van der Waals surface area contributed by atoms with Crippen molar-refractivity contribution in [1.29, 1.82) is 0 Å². The van der Waals surface area contributed by atoms with Crippen molar-refractivity contribution in [2.75, 3.05) is 0 Å². The molecule has 1 aromatic rings. The van der Waals surface area contributed by atoms with Gasteiger partial charge in [0.05, 0.1) is 12.2 Å². The molecule has 0 radical (unpaired) electrons. The number of H-pyrrole nitrogens is 1. The zero-order valence-corrected chi connectivity index (χ0v) is 9.01. The summed E-state index contributed by atoms with van der Waals surface area (Å²) in [6, 6.07) is 0. The summed E-state index contributed by atoms with van der Waals surface area (Å²) in [5.74, 6) is 0.942. The fourth-order valence-electron chi connectivity index (χ4n) is 1.61. The van der Waals surface area contributed by atoms with Crippen molar-refractivity contribution < 1.29 is 0 Å². The monoisotopic (exact) mass is 223 g/mol. The van der Waals surface area contributed by atoms with Crippen LogP contribution in [0.4, 0.5) is 0 Å². The van der Waals surface area contributed by atoms with Crippen LogP contribution in [0.5, 0.6) is 0 Å². The lowest BCUT2D eigenvalue weighted by Crippen LogP contribution is -2.00. The number of aromatic amines is 1.